The molecule has 5 nitrogen and oxygen atoms in total. The average Bonchev–Trinajstić information content (AvgIpc) is 2.64. The van der Waals surface area contributed by atoms with Crippen molar-refractivity contribution in [3.8, 4) is 0 Å². The molecular weight excluding hydrogens is 222 g/mol. The maximum Gasteiger partial charge on any atom is 0.185 e. The van der Waals surface area contributed by atoms with Gasteiger partial charge >= 0.3 is 0 Å². The van der Waals surface area contributed by atoms with Crippen molar-refractivity contribution in [3.63, 3.8) is 0 Å². The Morgan fingerprint density at radius 2 is 2.25 bits per heavy atom. The van der Waals surface area contributed by atoms with Crippen LogP contribution in [0.4, 0.5) is 0 Å². The number of nitrogens with zero attached hydrogens (tertiary/aromatic N) is 1. The van der Waals surface area contributed by atoms with Crippen LogP contribution in [-0.2, 0) is 6.42 Å². The smallest absolute Gasteiger partial charge is 0.185 e. The van der Waals surface area contributed by atoms with Crippen LogP contribution >= 0.6 is 11.3 Å². The molecule has 0 saturated carbocycles. The number of nitrogens with two attached hydrogens (primary N) is 3. The van der Waals surface area contributed by atoms with Crippen LogP contribution in [-0.4, -0.2) is 11.6 Å². The largest absolute Gasteiger partial charge is 0.385 e. The first-order chi connectivity index (χ1) is 7.57. The average molecular weight is 237 g/mol. The monoisotopic (exact) mass is 237 g/mol. The zero-order chi connectivity index (χ0) is 11.6. The highest BCUT2D eigenvalue weighted by molar-refractivity contribution is 7.09. The quantitative estimate of drug-likeness (QED) is 0.596. The molecule has 1 aromatic rings. The number of thiophene rings is 1. The fourth-order valence-electron chi connectivity index (χ4n) is 1.62. The van der Waals surface area contributed by atoms with E-state index in [-0.39, 0.29) is 0 Å². The second kappa shape index (κ2) is 4.15. The van der Waals surface area contributed by atoms with Crippen LogP contribution in [0.15, 0.2) is 34.4 Å². The lowest BCUT2D eigenvalue weighted by Crippen LogP contribution is -2.56. The summed E-state index contributed by atoms with van der Waals surface area (Å²) in [5.41, 5.74) is 17.3. The highest BCUT2D eigenvalue weighted by Gasteiger charge is 2.26. The third kappa shape index (κ3) is 2.53. The standard InChI is InChI=1S/C10H15N5S/c11-8-6-9(12)15-10(13,14-8)4-3-7-2-1-5-16-7/h1-2,5-6,14H,3-4,11,13H2,(H2,12,15). The molecule has 86 valence electrons. The SMILES string of the molecule is NC1=CC(N)=NC(N)(CCc2cccs2)N1. The number of nitrogens with one attached hydrogen (secondary N) is 1. The molecule has 0 saturated heterocycles. The molecule has 1 aromatic heterocycles. The van der Waals surface area contributed by atoms with E-state index in [0.717, 1.165) is 6.42 Å². The summed E-state index contributed by atoms with van der Waals surface area (Å²) in [4.78, 5) is 5.45. The van der Waals surface area contributed by atoms with Gasteiger partial charge in [-0.05, 0) is 17.9 Å². The number of aryl methyl sites for hydroxylation is 1. The minimum absolute atomic E-state index is 0.366. The van der Waals surface area contributed by atoms with Crippen molar-refractivity contribution in [2.75, 3.05) is 0 Å². The molecule has 7 N–H and O–H groups in total. The van der Waals surface area contributed by atoms with Crippen LogP contribution < -0.4 is 22.5 Å². The highest BCUT2D eigenvalue weighted by atomic mass is 32.1. The van der Waals surface area contributed by atoms with E-state index in [1.54, 1.807) is 17.4 Å². The van der Waals surface area contributed by atoms with Crippen molar-refractivity contribution in [2.45, 2.75) is 18.6 Å². The van der Waals surface area contributed by atoms with Crippen molar-refractivity contribution in [1.82, 2.24) is 5.32 Å². The van der Waals surface area contributed by atoms with Crippen molar-refractivity contribution < 1.29 is 0 Å². The first kappa shape index (κ1) is 11.0. The van der Waals surface area contributed by atoms with Crippen LogP contribution in [0.5, 0.6) is 0 Å². The van der Waals surface area contributed by atoms with E-state index in [1.807, 2.05) is 11.4 Å². The lowest BCUT2D eigenvalue weighted by molar-refractivity contribution is 0.351. The van der Waals surface area contributed by atoms with Crippen LogP contribution in [0.3, 0.4) is 0 Å². The van der Waals surface area contributed by atoms with Crippen molar-refractivity contribution in [3.05, 3.63) is 34.3 Å². The summed E-state index contributed by atoms with van der Waals surface area (Å²) in [6.45, 7) is 0. The summed E-state index contributed by atoms with van der Waals surface area (Å²) < 4.78 is 0. The van der Waals surface area contributed by atoms with Gasteiger partial charge in [0, 0.05) is 17.4 Å². The third-order valence-electron chi connectivity index (χ3n) is 2.33. The predicted octanol–water partition coefficient (Wildman–Crippen LogP) is 0.0537. The second-order valence-corrected chi connectivity index (χ2v) is 4.80. The van der Waals surface area contributed by atoms with E-state index in [1.165, 1.54) is 4.88 Å². The van der Waals surface area contributed by atoms with E-state index in [9.17, 15) is 0 Å². The maximum absolute atomic E-state index is 6.06. The van der Waals surface area contributed by atoms with Crippen LogP contribution in [0.2, 0.25) is 0 Å². The van der Waals surface area contributed by atoms with Gasteiger partial charge < -0.3 is 16.8 Å². The minimum atomic E-state index is -0.882. The summed E-state index contributed by atoms with van der Waals surface area (Å²) >= 11 is 1.70. The topological polar surface area (TPSA) is 102 Å². The molecular formula is C10H15N5S. The fraction of sp³-hybridized carbons (Fsp3) is 0.300. The second-order valence-electron chi connectivity index (χ2n) is 3.76. The molecule has 0 fully saturated rings. The summed E-state index contributed by atoms with van der Waals surface area (Å²) in [6, 6.07) is 4.09. The predicted molar refractivity (Wildman–Crippen MR) is 66.6 cm³/mol. The normalized spacial score (nSPS) is 24.6. The van der Waals surface area contributed by atoms with Gasteiger partial charge in [-0.1, -0.05) is 6.07 Å². The van der Waals surface area contributed by atoms with Gasteiger partial charge in [0.05, 0.1) is 0 Å². The number of rotatable bonds is 3. The molecule has 1 unspecified atom stereocenters. The molecule has 2 heterocycles. The van der Waals surface area contributed by atoms with E-state index in [2.05, 4.69) is 16.4 Å². The Hall–Kier alpha value is -1.53. The molecule has 1 atom stereocenters. The van der Waals surface area contributed by atoms with Crippen LogP contribution in [0, 0.1) is 0 Å². The highest BCUT2D eigenvalue weighted by Crippen LogP contribution is 2.17. The molecule has 1 aliphatic rings. The summed E-state index contributed by atoms with van der Waals surface area (Å²) in [5, 5.41) is 4.98. The maximum atomic E-state index is 6.06. The zero-order valence-corrected chi connectivity index (χ0v) is 9.63. The van der Waals surface area contributed by atoms with Gasteiger partial charge in [0.2, 0.25) is 0 Å². The molecule has 6 heteroatoms. The zero-order valence-electron chi connectivity index (χ0n) is 8.81. The Kier molecular flexibility index (Phi) is 2.84. The van der Waals surface area contributed by atoms with Crippen LogP contribution in [0.1, 0.15) is 11.3 Å². The molecule has 0 aromatic carbocycles. The van der Waals surface area contributed by atoms with E-state index >= 15 is 0 Å². The number of hydrogen-bond acceptors (Lipinski definition) is 6. The van der Waals surface area contributed by atoms with Gasteiger partial charge in [-0.2, -0.15) is 0 Å². The van der Waals surface area contributed by atoms with E-state index < -0.39 is 5.79 Å². The molecule has 0 aliphatic carbocycles. The molecule has 0 spiro atoms. The van der Waals surface area contributed by atoms with Gasteiger partial charge in [0.15, 0.2) is 5.79 Å². The fourth-order valence-corrected chi connectivity index (χ4v) is 2.33. The minimum Gasteiger partial charge on any atom is -0.385 e. The van der Waals surface area contributed by atoms with Gasteiger partial charge in [-0.3, -0.25) is 5.73 Å². The first-order valence-electron chi connectivity index (χ1n) is 4.99. The summed E-state index contributed by atoms with van der Waals surface area (Å²) in [6.07, 6.45) is 3.07. The molecule has 0 radical (unpaired) electrons. The van der Waals surface area contributed by atoms with Gasteiger partial charge in [0.1, 0.15) is 11.7 Å². The lowest BCUT2D eigenvalue weighted by atomic mass is 10.1. The summed E-state index contributed by atoms with van der Waals surface area (Å²) in [5.74, 6) is -0.0569. The number of amidine groups is 1. The Morgan fingerprint density at radius 3 is 2.88 bits per heavy atom. The van der Waals surface area contributed by atoms with Crippen molar-refractivity contribution in [1.29, 1.82) is 0 Å². The Balaban J connectivity index is 2.02. The van der Waals surface area contributed by atoms with Gasteiger partial charge in [0.25, 0.3) is 0 Å². The first-order valence-corrected chi connectivity index (χ1v) is 5.87. The van der Waals surface area contributed by atoms with Gasteiger partial charge in [-0.15, -0.1) is 11.3 Å². The van der Waals surface area contributed by atoms with Crippen LogP contribution in [0.25, 0.3) is 0 Å². The molecule has 1 aliphatic heterocycles. The van der Waals surface area contributed by atoms with E-state index in [0.29, 0.717) is 18.1 Å². The summed E-state index contributed by atoms with van der Waals surface area (Å²) in [7, 11) is 0. The molecule has 16 heavy (non-hydrogen) atoms. The number of hydrogen-bond donors (Lipinski definition) is 4. The van der Waals surface area contributed by atoms with E-state index in [4.69, 9.17) is 17.2 Å². The lowest BCUT2D eigenvalue weighted by Gasteiger charge is -2.30. The Labute approximate surface area is 98.0 Å². The van der Waals surface area contributed by atoms with Crippen molar-refractivity contribution >= 4 is 17.2 Å². The third-order valence-corrected chi connectivity index (χ3v) is 3.26. The molecule has 0 bridgehead atoms. The van der Waals surface area contributed by atoms with Gasteiger partial charge in [-0.25, -0.2) is 4.99 Å². The molecule has 2 rings (SSSR count). The Morgan fingerprint density at radius 1 is 1.44 bits per heavy atom. The number of aliphatic imine (C=N–C) groups is 1. The molecule has 0 amide bonds. The van der Waals surface area contributed by atoms with Crippen molar-refractivity contribution in [2.24, 2.45) is 22.2 Å². The Bertz CT molecular complexity index is 422.